The number of aromatic hydroxyl groups is 1. The zero-order chi connectivity index (χ0) is 29.4. The number of nitrogens with zero attached hydrogens (tertiary/aromatic N) is 4. The van der Waals surface area contributed by atoms with Crippen LogP contribution in [-0.2, 0) is 19.1 Å². The summed E-state index contributed by atoms with van der Waals surface area (Å²) < 4.78 is 16.8. The number of hydrogen-bond donors (Lipinski definition) is 2. The van der Waals surface area contributed by atoms with Crippen molar-refractivity contribution in [2.75, 3.05) is 39.9 Å². The summed E-state index contributed by atoms with van der Waals surface area (Å²) in [6.45, 7) is 8.21. The average Bonchev–Trinajstić information content (AvgIpc) is 3.31. The van der Waals surface area contributed by atoms with Crippen molar-refractivity contribution in [1.82, 2.24) is 24.9 Å². The van der Waals surface area contributed by atoms with Crippen LogP contribution in [0.5, 0.6) is 11.6 Å². The van der Waals surface area contributed by atoms with E-state index in [1.54, 1.807) is 52.0 Å². The van der Waals surface area contributed by atoms with Crippen LogP contribution in [0.2, 0.25) is 0 Å². The Balaban J connectivity index is 1.75. The van der Waals surface area contributed by atoms with Gasteiger partial charge in [-0.15, -0.1) is 0 Å². The topological polar surface area (TPSA) is 153 Å². The van der Waals surface area contributed by atoms with E-state index in [-0.39, 0.29) is 57.2 Å². The van der Waals surface area contributed by atoms with E-state index >= 15 is 0 Å². The zero-order valence-corrected chi connectivity index (χ0v) is 23.5. The normalized spacial score (nSPS) is 14.3. The minimum Gasteiger partial charge on any atom is -0.497 e. The highest BCUT2D eigenvalue weighted by Crippen LogP contribution is 2.22. The summed E-state index contributed by atoms with van der Waals surface area (Å²) in [7, 11) is 1.51. The van der Waals surface area contributed by atoms with Gasteiger partial charge in [-0.05, 0) is 46.2 Å². The highest BCUT2D eigenvalue weighted by atomic mass is 16.6. The lowest BCUT2D eigenvalue weighted by molar-refractivity contribution is -0.155. The van der Waals surface area contributed by atoms with Gasteiger partial charge in [0.05, 0.1) is 19.4 Å². The molecule has 1 fully saturated rings. The number of amides is 3. The first-order chi connectivity index (χ1) is 18.9. The Morgan fingerprint density at radius 1 is 1.07 bits per heavy atom. The van der Waals surface area contributed by atoms with Crippen LogP contribution in [0.1, 0.15) is 51.0 Å². The van der Waals surface area contributed by atoms with Gasteiger partial charge in [-0.25, -0.2) is 9.48 Å². The number of nitrogens with one attached hydrogen (secondary N) is 1. The van der Waals surface area contributed by atoms with E-state index in [1.165, 1.54) is 27.7 Å². The van der Waals surface area contributed by atoms with Gasteiger partial charge in [-0.2, -0.15) is 5.10 Å². The Bertz CT molecular complexity index is 1210. The third kappa shape index (κ3) is 8.10. The Labute approximate surface area is 233 Å². The summed E-state index contributed by atoms with van der Waals surface area (Å²) in [4.78, 5) is 54.1. The van der Waals surface area contributed by atoms with Gasteiger partial charge in [-0.1, -0.05) is 6.07 Å². The molecule has 40 heavy (non-hydrogen) atoms. The lowest BCUT2D eigenvalue weighted by Gasteiger charge is -2.36. The molecule has 1 aromatic carbocycles. The van der Waals surface area contributed by atoms with Crippen molar-refractivity contribution in [2.45, 2.75) is 52.2 Å². The Kier molecular flexibility index (Phi) is 9.97. The Hall–Kier alpha value is -4.29. The first-order valence-electron chi connectivity index (χ1n) is 13.1. The molecule has 3 amide bonds. The predicted molar refractivity (Wildman–Crippen MR) is 143 cm³/mol. The maximum atomic E-state index is 13.5. The number of piperazine rings is 1. The number of methoxy groups -OCH3 is 1. The van der Waals surface area contributed by atoms with Gasteiger partial charge in [0, 0.05) is 44.7 Å². The molecule has 0 aliphatic carbocycles. The molecule has 218 valence electrons. The molecule has 2 heterocycles. The van der Waals surface area contributed by atoms with Crippen LogP contribution in [0, 0.1) is 0 Å². The van der Waals surface area contributed by atoms with E-state index in [4.69, 9.17) is 14.2 Å². The minimum atomic E-state index is -1.07. The molecule has 1 aliphatic heterocycles. The molecular formula is C27H37N5O8. The van der Waals surface area contributed by atoms with Crippen molar-refractivity contribution in [3.05, 3.63) is 36.0 Å². The van der Waals surface area contributed by atoms with Gasteiger partial charge < -0.3 is 34.4 Å². The quantitative estimate of drug-likeness (QED) is 0.440. The largest absolute Gasteiger partial charge is 0.497 e. The van der Waals surface area contributed by atoms with Gasteiger partial charge in [0.25, 0.3) is 5.91 Å². The molecule has 13 heteroatoms. The molecular weight excluding hydrogens is 522 g/mol. The van der Waals surface area contributed by atoms with E-state index in [2.05, 4.69) is 10.4 Å². The van der Waals surface area contributed by atoms with Crippen molar-refractivity contribution >= 4 is 23.9 Å². The number of carbonyl (C=O) groups excluding carboxylic acids is 4. The second kappa shape index (κ2) is 13.2. The Morgan fingerprint density at radius 2 is 1.75 bits per heavy atom. The second-order valence-corrected chi connectivity index (χ2v) is 10.2. The molecule has 1 unspecified atom stereocenters. The maximum absolute atomic E-state index is 13.5. The van der Waals surface area contributed by atoms with E-state index in [0.717, 1.165) is 0 Å². The van der Waals surface area contributed by atoms with Crippen LogP contribution < -0.4 is 10.1 Å². The van der Waals surface area contributed by atoms with Gasteiger partial charge >= 0.3 is 12.1 Å². The van der Waals surface area contributed by atoms with Crippen LogP contribution in [0.15, 0.2) is 30.3 Å². The monoisotopic (exact) mass is 559 g/mol. The molecule has 0 bridgehead atoms. The molecule has 1 aliphatic rings. The van der Waals surface area contributed by atoms with Crippen molar-refractivity contribution in [2.24, 2.45) is 0 Å². The molecule has 1 aromatic heterocycles. The molecule has 0 spiro atoms. The summed E-state index contributed by atoms with van der Waals surface area (Å²) in [6, 6.07) is 6.87. The number of hydrogen-bond acceptors (Lipinski definition) is 9. The van der Waals surface area contributed by atoms with Gasteiger partial charge in [0.15, 0.2) is 5.69 Å². The lowest BCUT2D eigenvalue weighted by Crippen LogP contribution is -2.56. The lowest BCUT2D eigenvalue weighted by atomic mass is 10.1. The fraction of sp³-hybridized carbons (Fsp3) is 0.519. The number of benzene rings is 1. The number of ether oxygens (including phenoxy) is 3. The van der Waals surface area contributed by atoms with E-state index in [0.29, 0.717) is 11.4 Å². The highest BCUT2D eigenvalue weighted by molar-refractivity contribution is 5.96. The van der Waals surface area contributed by atoms with Crippen LogP contribution in [0.25, 0.3) is 5.69 Å². The van der Waals surface area contributed by atoms with Crippen molar-refractivity contribution in [3.8, 4) is 17.3 Å². The standard InChI is InChI=1S/C27H37N5O8/c1-6-39-26(37)31-14-12-30(13-15-31)25(36)20(10-11-23(34)40-27(2,3)4)28-24(35)21-17-22(33)32(29-21)18-8-7-9-19(16-18)38-5/h7-9,16-17,20,33H,6,10-15H2,1-5H3,(H,28,35). The zero-order valence-electron chi connectivity index (χ0n) is 23.5. The molecule has 13 nitrogen and oxygen atoms in total. The van der Waals surface area contributed by atoms with Crippen LogP contribution in [0.3, 0.4) is 0 Å². The number of carbonyl (C=O) groups is 4. The highest BCUT2D eigenvalue weighted by Gasteiger charge is 2.32. The fourth-order valence-corrected chi connectivity index (χ4v) is 4.10. The van der Waals surface area contributed by atoms with Crippen LogP contribution >= 0.6 is 0 Å². The molecule has 2 aromatic rings. The van der Waals surface area contributed by atoms with E-state index < -0.39 is 35.5 Å². The SMILES string of the molecule is CCOC(=O)N1CCN(C(=O)C(CCC(=O)OC(C)(C)C)NC(=O)c2cc(O)n(-c3cccc(OC)c3)n2)CC1. The third-order valence-corrected chi connectivity index (χ3v) is 6.00. The molecule has 1 saturated heterocycles. The first-order valence-corrected chi connectivity index (χ1v) is 13.1. The third-order valence-electron chi connectivity index (χ3n) is 6.00. The minimum absolute atomic E-state index is 0.0137. The van der Waals surface area contributed by atoms with Gasteiger partial charge in [0.1, 0.15) is 17.4 Å². The fourth-order valence-electron chi connectivity index (χ4n) is 4.10. The molecule has 0 radical (unpaired) electrons. The van der Waals surface area contributed by atoms with E-state index in [1.807, 2.05) is 0 Å². The molecule has 2 N–H and O–H groups in total. The van der Waals surface area contributed by atoms with E-state index in [9.17, 15) is 24.3 Å². The average molecular weight is 560 g/mol. The summed E-state index contributed by atoms with van der Waals surface area (Å²) in [5.74, 6) is -1.37. The number of esters is 1. The van der Waals surface area contributed by atoms with Gasteiger partial charge in [0.2, 0.25) is 11.8 Å². The van der Waals surface area contributed by atoms with Crippen molar-refractivity contribution < 1.29 is 38.5 Å². The summed E-state index contributed by atoms with van der Waals surface area (Å²) in [5, 5.41) is 17.3. The first kappa shape index (κ1) is 30.3. The smallest absolute Gasteiger partial charge is 0.409 e. The van der Waals surface area contributed by atoms with Crippen LogP contribution in [0.4, 0.5) is 4.79 Å². The van der Waals surface area contributed by atoms with Crippen LogP contribution in [-0.4, -0.2) is 100 Å². The molecule has 3 rings (SSSR count). The predicted octanol–water partition coefficient (Wildman–Crippen LogP) is 2.11. The van der Waals surface area contributed by atoms with Crippen molar-refractivity contribution in [1.29, 1.82) is 0 Å². The second-order valence-electron chi connectivity index (χ2n) is 10.2. The van der Waals surface area contributed by atoms with Crippen molar-refractivity contribution in [3.63, 3.8) is 0 Å². The molecule has 1 atom stereocenters. The maximum Gasteiger partial charge on any atom is 0.409 e. The summed E-state index contributed by atoms with van der Waals surface area (Å²) >= 11 is 0. The number of aromatic nitrogens is 2. The van der Waals surface area contributed by atoms with Gasteiger partial charge in [-0.3, -0.25) is 14.4 Å². The molecule has 0 saturated carbocycles. The summed E-state index contributed by atoms with van der Waals surface area (Å²) in [5.41, 5.74) is -0.358. The Morgan fingerprint density at radius 3 is 2.38 bits per heavy atom. The number of rotatable bonds is 9. The summed E-state index contributed by atoms with van der Waals surface area (Å²) in [6.07, 6.45) is -0.573.